The van der Waals surface area contributed by atoms with E-state index in [9.17, 15) is 0 Å². The zero-order chi connectivity index (χ0) is 14.9. The van der Waals surface area contributed by atoms with Crippen LogP contribution in [0.3, 0.4) is 0 Å². The molecule has 4 heteroatoms. The van der Waals surface area contributed by atoms with E-state index in [-0.39, 0.29) is 12.1 Å². The van der Waals surface area contributed by atoms with Gasteiger partial charge >= 0.3 is 0 Å². The molecule has 0 spiro atoms. The summed E-state index contributed by atoms with van der Waals surface area (Å²) in [7, 11) is 0. The number of rotatable bonds is 2. The van der Waals surface area contributed by atoms with Crippen LogP contribution in [0.4, 0.5) is 5.95 Å². The molecule has 110 valence electrons. The van der Waals surface area contributed by atoms with Gasteiger partial charge in [-0.15, -0.1) is 0 Å². The minimum Gasteiger partial charge on any atom is -0.348 e. The van der Waals surface area contributed by atoms with Crippen LogP contribution in [0.15, 0.2) is 60.9 Å². The molecule has 4 rings (SSSR count). The van der Waals surface area contributed by atoms with Gasteiger partial charge in [-0.2, -0.15) is 10.1 Å². The minimum absolute atomic E-state index is 0.213. The van der Waals surface area contributed by atoms with Crippen LogP contribution in [0.2, 0.25) is 0 Å². The summed E-state index contributed by atoms with van der Waals surface area (Å²) >= 11 is 0. The maximum atomic E-state index is 4.43. The van der Waals surface area contributed by atoms with Gasteiger partial charge in [0.15, 0.2) is 0 Å². The quantitative estimate of drug-likeness (QED) is 0.782. The molecule has 0 saturated carbocycles. The molecule has 2 atom stereocenters. The summed E-state index contributed by atoms with van der Waals surface area (Å²) in [4.78, 5) is 4.38. The van der Waals surface area contributed by atoms with Gasteiger partial charge in [0.2, 0.25) is 5.95 Å². The summed E-state index contributed by atoms with van der Waals surface area (Å²) in [5, 5.41) is 7.93. The van der Waals surface area contributed by atoms with E-state index in [1.165, 1.54) is 16.7 Å². The van der Waals surface area contributed by atoms with Crippen LogP contribution in [0.5, 0.6) is 0 Å². The van der Waals surface area contributed by atoms with Gasteiger partial charge in [0, 0.05) is 0 Å². The average molecular weight is 290 g/mol. The Morgan fingerprint density at radius 2 is 1.82 bits per heavy atom. The second-order valence-corrected chi connectivity index (χ2v) is 5.74. The lowest BCUT2D eigenvalue weighted by atomic mass is 9.91. The molecule has 0 aliphatic carbocycles. The van der Waals surface area contributed by atoms with Crippen molar-refractivity contribution < 1.29 is 0 Å². The molecule has 0 bridgehead atoms. The maximum absolute atomic E-state index is 4.43. The molecule has 2 aromatic carbocycles. The highest BCUT2D eigenvalue weighted by Crippen LogP contribution is 2.38. The van der Waals surface area contributed by atoms with Crippen molar-refractivity contribution in [3.8, 4) is 0 Å². The van der Waals surface area contributed by atoms with Crippen molar-refractivity contribution in [3.63, 3.8) is 0 Å². The molecular formula is C18H18N4. The molecule has 0 radical (unpaired) electrons. The number of aromatic nitrogens is 3. The third-order valence-electron chi connectivity index (χ3n) is 4.38. The van der Waals surface area contributed by atoms with Gasteiger partial charge in [-0.25, -0.2) is 4.68 Å². The highest BCUT2D eigenvalue weighted by molar-refractivity contribution is 5.39. The number of benzene rings is 2. The van der Waals surface area contributed by atoms with E-state index in [4.69, 9.17) is 0 Å². The van der Waals surface area contributed by atoms with Crippen molar-refractivity contribution >= 4 is 5.95 Å². The van der Waals surface area contributed by atoms with Gasteiger partial charge in [0.1, 0.15) is 6.33 Å². The van der Waals surface area contributed by atoms with Crippen LogP contribution in [-0.4, -0.2) is 14.8 Å². The minimum atomic E-state index is 0.213. The number of hydrogen-bond donors (Lipinski definition) is 1. The molecule has 1 aromatic heterocycles. The van der Waals surface area contributed by atoms with Crippen LogP contribution in [0.25, 0.3) is 0 Å². The van der Waals surface area contributed by atoms with Crippen LogP contribution in [0.1, 0.15) is 35.2 Å². The predicted octanol–water partition coefficient (Wildman–Crippen LogP) is 3.73. The smallest absolute Gasteiger partial charge is 0.222 e. The highest BCUT2D eigenvalue weighted by Gasteiger charge is 2.30. The molecule has 3 aromatic rings. The van der Waals surface area contributed by atoms with Gasteiger partial charge < -0.3 is 5.32 Å². The summed E-state index contributed by atoms with van der Waals surface area (Å²) in [6, 6.07) is 19.5. The molecule has 0 amide bonds. The van der Waals surface area contributed by atoms with E-state index in [1.54, 1.807) is 6.33 Å². The first-order valence-electron chi connectivity index (χ1n) is 7.59. The number of nitrogens with one attached hydrogen (secondary N) is 1. The first-order chi connectivity index (χ1) is 10.8. The molecule has 1 aliphatic heterocycles. The van der Waals surface area contributed by atoms with Gasteiger partial charge in [-0.05, 0) is 30.0 Å². The van der Waals surface area contributed by atoms with E-state index in [1.807, 2.05) is 10.7 Å². The lowest BCUT2D eigenvalue weighted by Gasteiger charge is -2.32. The summed E-state index contributed by atoms with van der Waals surface area (Å²) in [5.41, 5.74) is 3.90. The highest BCUT2D eigenvalue weighted by atomic mass is 15.4. The van der Waals surface area contributed by atoms with E-state index in [0.717, 1.165) is 12.4 Å². The van der Waals surface area contributed by atoms with E-state index in [2.05, 4.69) is 70.9 Å². The third-order valence-corrected chi connectivity index (χ3v) is 4.38. The predicted molar refractivity (Wildman–Crippen MR) is 86.8 cm³/mol. The summed E-state index contributed by atoms with van der Waals surface area (Å²) < 4.78 is 2.00. The second kappa shape index (κ2) is 5.30. The van der Waals surface area contributed by atoms with E-state index < -0.39 is 0 Å². The molecule has 1 N–H and O–H groups in total. The molecule has 2 heterocycles. The summed E-state index contributed by atoms with van der Waals surface area (Å²) in [6.07, 6.45) is 2.59. The monoisotopic (exact) mass is 290 g/mol. The number of hydrogen-bond acceptors (Lipinski definition) is 3. The number of aryl methyl sites for hydroxylation is 1. The second-order valence-electron chi connectivity index (χ2n) is 5.74. The van der Waals surface area contributed by atoms with Crippen LogP contribution < -0.4 is 5.32 Å². The maximum Gasteiger partial charge on any atom is 0.222 e. The molecule has 0 saturated heterocycles. The summed E-state index contributed by atoms with van der Waals surface area (Å²) in [6.45, 7) is 2.16. The van der Waals surface area contributed by atoms with Crippen molar-refractivity contribution in [2.24, 2.45) is 0 Å². The Balaban J connectivity index is 1.77. The normalized spacial score (nSPS) is 20.2. The van der Waals surface area contributed by atoms with Gasteiger partial charge in [0.05, 0.1) is 12.1 Å². The molecular weight excluding hydrogens is 272 g/mol. The third kappa shape index (κ3) is 2.17. The van der Waals surface area contributed by atoms with Crippen molar-refractivity contribution in [1.82, 2.24) is 14.8 Å². The topological polar surface area (TPSA) is 42.7 Å². The Bertz CT molecular complexity index is 779. The molecule has 0 fully saturated rings. The van der Waals surface area contributed by atoms with Crippen LogP contribution in [0, 0.1) is 6.92 Å². The van der Waals surface area contributed by atoms with Crippen LogP contribution >= 0.6 is 0 Å². The first-order valence-corrected chi connectivity index (χ1v) is 7.59. The Morgan fingerprint density at radius 3 is 2.64 bits per heavy atom. The summed E-state index contributed by atoms with van der Waals surface area (Å²) in [5.74, 6) is 0.841. The number of nitrogens with zero attached hydrogens (tertiary/aromatic N) is 3. The number of anilines is 1. The zero-order valence-electron chi connectivity index (χ0n) is 12.5. The molecule has 22 heavy (non-hydrogen) atoms. The van der Waals surface area contributed by atoms with Crippen LogP contribution in [-0.2, 0) is 0 Å². The largest absolute Gasteiger partial charge is 0.348 e. The Kier molecular flexibility index (Phi) is 3.15. The number of fused-ring (bicyclic) bond motifs is 1. The van der Waals surface area contributed by atoms with Crippen molar-refractivity contribution in [2.45, 2.75) is 25.4 Å². The van der Waals surface area contributed by atoms with E-state index >= 15 is 0 Å². The Morgan fingerprint density at radius 1 is 1.05 bits per heavy atom. The lowest BCUT2D eigenvalue weighted by Crippen LogP contribution is -2.28. The van der Waals surface area contributed by atoms with Gasteiger partial charge in [-0.1, -0.05) is 54.6 Å². The van der Waals surface area contributed by atoms with Crippen molar-refractivity contribution in [3.05, 3.63) is 77.6 Å². The van der Waals surface area contributed by atoms with E-state index in [0.29, 0.717) is 0 Å². The van der Waals surface area contributed by atoms with Gasteiger partial charge in [0.25, 0.3) is 0 Å². The van der Waals surface area contributed by atoms with Crippen molar-refractivity contribution in [1.29, 1.82) is 0 Å². The SMILES string of the molecule is Cc1ccccc1[C@H]1C[C@H](c2ccccc2)Nc2ncnn21. The van der Waals surface area contributed by atoms with Gasteiger partial charge in [-0.3, -0.25) is 0 Å². The Hall–Kier alpha value is -2.62. The zero-order valence-corrected chi connectivity index (χ0v) is 12.5. The average Bonchev–Trinajstić information content (AvgIpc) is 3.04. The Labute approximate surface area is 129 Å². The molecule has 1 aliphatic rings. The molecule has 4 nitrogen and oxygen atoms in total. The van der Waals surface area contributed by atoms with Crippen molar-refractivity contribution in [2.75, 3.05) is 5.32 Å². The lowest BCUT2D eigenvalue weighted by molar-refractivity contribution is 0.429. The fourth-order valence-electron chi connectivity index (χ4n) is 3.24. The first kappa shape index (κ1) is 13.1. The fraction of sp³-hybridized carbons (Fsp3) is 0.222. The fourth-order valence-corrected chi connectivity index (χ4v) is 3.24. The standard InChI is InChI=1S/C18H18N4/c1-13-7-5-6-10-15(13)17-11-16(14-8-3-2-4-9-14)21-18-19-12-20-22(17)18/h2-10,12,16-17H,11H2,1H3,(H,19,20,21)/t16-,17-/m1/s1. The molecule has 0 unspecified atom stereocenters.